The third-order valence-corrected chi connectivity index (χ3v) is 3.40. The Morgan fingerprint density at radius 2 is 1.72 bits per heavy atom. The van der Waals surface area contributed by atoms with Gasteiger partial charge < -0.3 is 10.0 Å². The van der Waals surface area contributed by atoms with Crippen molar-refractivity contribution in [3.63, 3.8) is 0 Å². The van der Waals surface area contributed by atoms with Crippen LogP contribution >= 0.6 is 0 Å². The molecule has 0 aliphatic carbocycles. The van der Waals surface area contributed by atoms with Crippen molar-refractivity contribution in [1.82, 2.24) is 4.98 Å². The molecule has 3 heteroatoms. The Balaban J connectivity index is 1.89. The highest BCUT2D eigenvalue weighted by Crippen LogP contribution is 2.28. The largest absolute Gasteiger partial charge is 0.506 e. The molecule has 1 saturated heterocycles. The van der Waals surface area contributed by atoms with E-state index in [4.69, 9.17) is 0 Å². The lowest BCUT2D eigenvalue weighted by Crippen LogP contribution is -2.17. The zero-order chi connectivity index (χ0) is 12.4. The maximum absolute atomic E-state index is 9.77. The first-order chi connectivity index (χ1) is 8.84. The minimum Gasteiger partial charge on any atom is -0.506 e. The van der Waals surface area contributed by atoms with Gasteiger partial charge in [-0.1, -0.05) is 12.1 Å². The molecule has 1 fully saturated rings. The van der Waals surface area contributed by atoms with Crippen molar-refractivity contribution in [1.29, 1.82) is 0 Å². The van der Waals surface area contributed by atoms with E-state index >= 15 is 0 Å². The van der Waals surface area contributed by atoms with E-state index in [0.29, 0.717) is 5.69 Å². The second-order valence-corrected chi connectivity index (χ2v) is 4.61. The second kappa shape index (κ2) is 4.69. The fourth-order valence-electron chi connectivity index (χ4n) is 2.42. The lowest BCUT2D eigenvalue weighted by atomic mass is 10.1. The molecular formula is C15H16N2O. The Bertz CT molecular complexity index is 530. The highest BCUT2D eigenvalue weighted by molar-refractivity contribution is 5.68. The smallest absolute Gasteiger partial charge is 0.141 e. The summed E-state index contributed by atoms with van der Waals surface area (Å²) in [6.07, 6.45) is 4.26. The van der Waals surface area contributed by atoms with Crippen LogP contribution in [0.25, 0.3) is 11.3 Å². The summed E-state index contributed by atoms with van der Waals surface area (Å²) in [5, 5.41) is 9.77. The van der Waals surface area contributed by atoms with Crippen molar-refractivity contribution in [3.8, 4) is 17.0 Å². The Labute approximate surface area is 107 Å². The van der Waals surface area contributed by atoms with Crippen molar-refractivity contribution in [3.05, 3.63) is 42.6 Å². The highest BCUT2D eigenvalue weighted by Gasteiger charge is 2.12. The van der Waals surface area contributed by atoms with Crippen LogP contribution in [0.15, 0.2) is 42.6 Å². The van der Waals surface area contributed by atoms with Gasteiger partial charge in [0.25, 0.3) is 0 Å². The van der Waals surface area contributed by atoms with Crippen LogP contribution in [-0.4, -0.2) is 23.2 Å². The van der Waals surface area contributed by atoms with E-state index in [0.717, 1.165) is 18.7 Å². The van der Waals surface area contributed by atoms with E-state index in [1.54, 1.807) is 18.3 Å². The second-order valence-electron chi connectivity index (χ2n) is 4.61. The Morgan fingerprint density at radius 3 is 2.39 bits per heavy atom. The first kappa shape index (κ1) is 11.1. The van der Waals surface area contributed by atoms with Crippen molar-refractivity contribution in [2.24, 2.45) is 0 Å². The molecule has 0 atom stereocenters. The van der Waals surface area contributed by atoms with Gasteiger partial charge in [-0.2, -0.15) is 0 Å². The summed E-state index contributed by atoms with van der Waals surface area (Å²) in [5.74, 6) is 0.228. The molecule has 3 nitrogen and oxygen atoms in total. The number of aromatic hydroxyl groups is 1. The maximum Gasteiger partial charge on any atom is 0.141 e. The Kier molecular flexibility index (Phi) is 2.89. The van der Waals surface area contributed by atoms with E-state index in [9.17, 15) is 5.11 Å². The van der Waals surface area contributed by atoms with E-state index in [1.165, 1.54) is 18.5 Å². The fourth-order valence-corrected chi connectivity index (χ4v) is 2.42. The van der Waals surface area contributed by atoms with Crippen LogP contribution in [0.3, 0.4) is 0 Å². The Morgan fingerprint density at radius 1 is 1.00 bits per heavy atom. The molecule has 1 aromatic carbocycles. The molecule has 0 spiro atoms. The average molecular weight is 240 g/mol. The standard InChI is InChI=1S/C15H16N2O/c18-14-4-3-9-16-15(14)12-5-7-13(8-6-12)17-10-1-2-11-17/h3-9,18H,1-2,10-11H2. The van der Waals surface area contributed by atoms with Crippen LogP contribution < -0.4 is 4.90 Å². The van der Waals surface area contributed by atoms with Gasteiger partial charge in [0.15, 0.2) is 0 Å². The van der Waals surface area contributed by atoms with E-state index in [1.807, 2.05) is 12.1 Å². The third-order valence-electron chi connectivity index (χ3n) is 3.40. The molecule has 0 amide bonds. The van der Waals surface area contributed by atoms with Crippen LogP contribution in [0.2, 0.25) is 0 Å². The summed E-state index contributed by atoms with van der Waals surface area (Å²) in [4.78, 5) is 6.60. The maximum atomic E-state index is 9.77. The van der Waals surface area contributed by atoms with Gasteiger partial charge in [0.05, 0.1) is 0 Å². The number of hydrogen-bond acceptors (Lipinski definition) is 3. The Hall–Kier alpha value is -2.03. The fraction of sp³-hybridized carbons (Fsp3) is 0.267. The number of nitrogens with zero attached hydrogens (tertiary/aromatic N) is 2. The quantitative estimate of drug-likeness (QED) is 0.876. The predicted molar refractivity (Wildman–Crippen MR) is 72.8 cm³/mol. The van der Waals surface area contributed by atoms with Gasteiger partial charge in [0.2, 0.25) is 0 Å². The number of rotatable bonds is 2. The molecule has 1 aliphatic heterocycles. The van der Waals surface area contributed by atoms with Gasteiger partial charge >= 0.3 is 0 Å². The molecule has 0 radical (unpaired) electrons. The first-order valence-corrected chi connectivity index (χ1v) is 6.34. The molecule has 2 heterocycles. The highest BCUT2D eigenvalue weighted by atomic mass is 16.3. The third kappa shape index (κ3) is 2.04. The van der Waals surface area contributed by atoms with Crippen LogP contribution in [0, 0.1) is 0 Å². The topological polar surface area (TPSA) is 36.4 Å². The van der Waals surface area contributed by atoms with Crippen LogP contribution in [-0.2, 0) is 0 Å². The molecular weight excluding hydrogens is 224 g/mol. The number of aromatic nitrogens is 1. The van der Waals surface area contributed by atoms with E-state index in [-0.39, 0.29) is 5.75 Å². The summed E-state index contributed by atoms with van der Waals surface area (Å²) in [7, 11) is 0. The lowest BCUT2D eigenvalue weighted by molar-refractivity contribution is 0.475. The molecule has 18 heavy (non-hydrogen) atoms. The minimum absolute atomic E-state index is 0.228. The zero-order valence-corrected chi connectivity index (χ0v) is 10.2. The number of pyridine rings is 1. The molecule has 1 aromatic heterocycles. The van der Waals surface area contributed by atoms with E-state index in [2.05, 4.69) is 22.0 Å². The number of anilines is 1. The van der Waals surface area contributed by atoms with Gasteiger partial charge in [-0.05, 0) is 37.1 Å². The molecule has 0 saturated carbocycles. The van der Waals surface area contributed by atoms with E-state index < -0.39 is 0 Å². The van der Waals surface area contributed by atoms with Crippen molar-refractivity contribution in [2.45, 2.75) is 12.8 Å². The van der Waals surface area contributed by atoms with Crippen molar-refractivity contribution in [2.75, 3.05) is 18.0 Å². The average Bonchev–Trinajstić information content (AvgIpc) is 2.94. The summed E-state index contributed by atoms with van der Waals surface area (Å²) >= 11 is 0. The van der Waals surface area contributed by atoms with Gasteiger partial charge in [0.1, 0.15) is 11.4 Å². The van der Waals surface area contributed by atoms with Gasteiger partial charge in [0, 0.05) is 30.5 Å². The first-order valence-electron chi connectivity index (χ1n) is 6.34. The number of hydrogen-bond donors (Lipinski definition) is 1. The number of benzene rings is 1. The summed E-state index contributed by atoms with van der Waals surface area (Å²) in [6, 6.07) is 11.7. The van der Waals surface area contributed by atoms with Crippen molar-refractivity contribution >= 4 is 5.69 Å². The normalized spacial score (nSPS) is 15.0. The molecule has 0 bridgehead atoms. The molecule has 2 aromatic rings. The molecule has 92 valence electrons. The molecule has 3 rings (SSSR count). The van der Waals surface area contributed by atoms with Crippen molar-refractivity contribution < 1.29 is 5.11 Å². The van der Waals surface area contributed by atoms with Gasteiger partial charge in [-0.25, -0.2) is 0 Å². The zero-order valence-electron chi connectivity index (χ0n) is 10.2. The summed E-state index contributed by atoms with van der Waals surface area (Å²) < 4.78 is 0. The van der Waals surface area contributed by atoms with Crippen LogP contribution in [0.4, 0.5) is 5.69 Å². The molecule has 1 N–H and O–H groups in total. The SMILES string of the molecule is Oc1cccnc1-c1ccc(N2CCCC2)cc1. The molecule has 1 aliphatic rings. The van der Waals surface area contributed by atoms with Gasteiger partial charge in [-0.15, -0.1) is 0 Å². The predicted octanol–water partition coefficient (Wildman–Crippen LogP) is 3.05. The molecule has 0 unspecified atom stereocenters. The lowest BCUT2D eigenvalue weighted by Gasteiger charge is -2.17. The van der Waals surface area contributed by atoms with Gasteiger partial charge in [-0.3, -0.25) is 4.98 Å². The summed E-state index contributed by atoms with van der Waals surface area (Å²) in [5.41, 5.74) is 2.85. The minimum atomic E-state index is 0.228. The summed E-state index contributed by atoms with van der Waals surface area (Å²) in [6.45, 7) is 2.29. The van der Waals surface area contributed by atoms with Crippen LogP contribution in [0.5, 0.6) is 5.75 Å². The monoisotopic (exact) mass is 240 g/mol. The van der Waals surface area contributed by atoms with Crippen LogP contribution in [0.1, 0.15) is 12.8 Å².